The van der Waals surface area contributed by atoms with E-state index in [0.29, 0.717) is 11.1 Å². The van der Waals surface area contributed by atoms with Crippen LogP contribution in [-0.2, 0) is 11.3 Å². The summed E-state index contributed by atoms with van der Waals surface area (Å²) in [5, 5.41) is 26.3. The third-order valence-electron chi connectivity index (χ3n) is 3.81. The van der Waals surface area contributed by atoms with Crippen LogP contribution in [0, 0.1) is 11.3 Å². The molecule has 0 bridgehead atoms. The van der Waals surface area contributed by atoms with Crippen molar-refractivity contribution < 1.29 is 9.90 Å². The van der Waals surface area contributed by atoms with Crippen LogP contribution in [0.2, 0.25) is 0 Å². The molecule has 0 radical (unpaired) electrons. The number of hydrogen-bond acceptors (Lipinski definition) is 5. The summed E-state index contributed by atoms with van der Waals surface area (Å²) < 4.78 is 0. The van der Waals surface area contributed by atoms with Gasteiger partial charge in [0.2, 0.25) is 0 Å². The number of rotatable bonds is 5. The Balaban J connectivity index is 1.75. The smallest absolute Gasteiger partial charge is 0.263 e. The van der Waals surface area contributed by atoms with Gasteiger partial charge < -0.3 is 15.7 Å². The van der Waals surface area contributed by atoms with Crippen LogP contribution >= 0.6 is 0 Å². The fraction of sp³-hybridized carbons (Fsp3) is 0.0500. The number of phenolic OH excluding ortho intramolecular Hbond substituents is 1. The number of carbonyl (C=O) groups is 1. The first-order chi connectivity index (χ1) is 12.7. The van der Waals surface area contributed by atoms with Crippen molar-refractivity contribution in [1.82, 2.24) is 10.3 Å². The zero-order chi connectivity index (χ0) is 18.4. The molecule has 3 N–H and O–H groups in total. The lowest BCUT2D eigenvalue weighted by atomic mass is 10.1. The SMILES string of the molecule is N#C/C(=C/Nc1cccc2c(O)cccc12)C(=O)NCc1cccnc1. The molecule has 0 unspecified atom stereocenters. The average molecular weight is 344 g/mol. The summed E-state index contributed by atoms with van der Waals surface area (Å²) in [6.45, 7) is 0.286. The Hall–Kier alpha value is -3.85. The molecule has 0 aliphatic rings. The standard InChI is InChI=1S/C20H16N4O2/c21-10-15(20(26)24-12-14-4-3-9-22-11-14)13-23-18-7-1-6-17-16(18)5-2-8-19(17)25/h1-9,11,13,23,25H,12H2,(H,24,26)/b15-13-. The van der Waals surface area contributed by atoms with Crippen molar-refractivity contribution in [2.75, 3.05) is 5.32 Å². The number of fused-ring (bicyclic) bond motifs is 1. The number of phenols is 1. The largest absolute Gasteiger partial charge is 0.507 e. The minimum absolute atomic E-state index is 0.0500. The van der Waals surface area contributed by atoms with Crippen LogP contribution < -0.4 is 10.6 Å². The normalized spacial score (nSPS) is 11.0. The predicted octanol–water partition coefficient (Wildman–Crippen LogP) is 3.08. The van der Waals surface area contributed by atoms with E-state index in [2.05, 4.69) is 15.6 Å². The third-order valence-corrected chi connectivity index (χ3v) is 3.81. The lowest BCUT2D eigenvalue weighted by molar-refractivity contribution is -0.117. The molecule has 0 aliphatic heterocycles. The monoisotopic (exact) mass is 344 g/mol. The molecule has 26 heavy (non-hydrogen) atoms. The van der Waals surface area contributed by atoms with Crippen LogP contribution in [0.5, 0.6) is 5.75 Å². The summed E-state index contributed by atoms with van der Waals surface area (Å²) in [6.07, 6.45) is 4.66. The maximum absolute atomic E-state index is 12.2. The fourth-order valence-electron chi connectivity index (χ4n) is 2.50. The van der Waals surface area contributed by atoms with Gasteiger partial charge >= 0.3 is 0 Å². The molecule has 1 aromatic heterocycles. The third kappa shape index (κ3) is 3.79. The second-order valence-electron chi connectivity index (χ2n) is 5.54. The Morgan fingerprint density at radius 1 is 1.15 bits per heavy atom. The van der Waals surface area contributed by atoms with E-state index in [0.717, 1.165) is 10.9 Å². The van der Waals surface area contributed by atoms with Gasteiger partial charge in [-0.05, 0) is 23.8 Å². The first kappa shape index (κ1) is 17.0. The number of hydrogen-bond donors (Lipinski definition) is 3. The quantitative estimate of drug-likeness (QED) is 0.488. The number of nitriles is 1. The molecule has 3 aromatic rings. The van der Waals surface area contributed by atoms with Crippen molar-refractivity contribution >= 4 is 22.4 Å². The molecule has 1 heterocycles. The maximum Gasteiger partial charge on any atom is 0.263 e. The minimum atomic E-state index is -0.480. The maximum atomic E-state index is 12.2. The van der Waals surface area contributed by atoms with Gasteiger partial charge in [-0.25, -0.2) is 0 Å². The molecule has 0 atom stereocenters. The Bertz CT molecular complexity index is 1010. The molecule has 0 saturated carbocycles. The molecule has 0 spiro atoms. The molecule has 1 amide bonds. The molecular weight excluding hydrogens is 328 g/mol. The van der Waals surface area contributed by atoms with E-state index in [1.807, 2.05) is 18.2 Å². The van der Waals surface area contributed by atoms with Crippen molar-refractivity contribution in [1.29, 1.82) is 5.26 Å². The number of carbonyl (C=O) groups excluding carboxylic acids is 1. The highest BCUT2D eigenvalue weighted by atomic mass is 16.3. The summed E-state index contributed by atoms with van der Waals surface area (Å²) in [5.41, 5.74) is 1.48. The Morgan fingerprint density at radius 2 is 1.96 bits per heavy atom. The second-order valence-corrected chi connectivity index (χ2v) is 5.54. The number of anilines is 1. The van der Waals surface area contributed by atoms with Gasteiger partial charge in [-0.1, -0.05) is 30.3 Å². The Labute approximate surface area is 150 Å². The predicted molar refractivity (Wildman–Crippen MR) is 99.0 cm³/mol. The van der Waals surface area contributed by atoms with Crippen LogP contribution in [0.3, 0.4) is 0 Å². The van der Waals surface area contributed by atoms with Gasteiger partial charge in [0, 0.05) is 41.6 Å². The van der Waals surface area contributed by atoms with Crippen LogP contribution in [0.15, 0.2) is 72.7 Å². The van der Waals surface area contributed by atoms with E-state index < -0.39 is 5.91 Å². The molecule has 2 aromatic carbocycles. The van der Waals surface area contributed by atoms with Crippen LogP contribution in [0.1, 0.15) is 5.56 Å². The van der Waals surface area contributed by atoms with Gasteiger partial charge in [0.05, 0.1) is 0 Å². The summed E-state index contributed by atoms with van der Waals surface area (Å²) in [7, 11) is 0. The topological polar surface area (TPSA) is 98.0 Å². The van der Waals surface area contributed by atoms with Crippen molar-refractivity contribution in [3.05, 3.63) is 78.3 Å². The first-order valence-corrected chi connectivity index (χ1v) is 7.93. The first-order valence-electron chi connectivity index (χ1n) is 7.93. The number of benzene rings is 2. The zero-order valence-corrected chi connectivity index (χ0v) is 13.8. The average Bonchev–Trinajstić information content (AvgIpc) is 2.68. The number of pyridine rings is 1. The molecule has 128 valence electrons. The van der Waals surface area contributed by atoms with Gasteiger partial charge in [0.1, 0.15) is 17.4 Å². The highest BCUT2D eigenvalue weighted by molar-refractivity contribution is 6.00. The fourth-order valence-corrected chi connectivity index (χ4v) is 2.50. The summed E-state index contributed by atoms with van der Waals surface area (Å²) in [5.74, 6) is -0.309. The lowest BCUT2D eigenvalue weighted by Crippen LogP contribution is -2.24. The molecule has 6 heteroatoms. The number of nitrogens with zero attached hydrogens (tertiary/aromatic N) is 2. The molecular formula is C20H16N4O2. The second kappa shape index (κ2) is 7.81. The van der Waals surface area contributed by atoms with Gasteiger partial charge in [-0.2, -0.15) is 5.26 Å². The summed E-state index contributed by atoms with van der Waals surface area (Å²) in [4.78, 5) is 16.2. The molecule has 0 aliphatic carbocycles. The van der Waals surface area contributed by atoms with Crippen molar-refractivity contribution in [3.63, 3.8) is 0 Å². The van der Waals surface area contributed by atoms with E-state index in [4.69, 9.17) is 0 Å². The highest BCUT2D eigenvalue weighted by Crippen LogP contribution is 2.29. The minimum Gasteiger partial charge on any atom is -0.507 e. The highest BCUT2D eigenvalue weighted by Gasteiger charge is 2.09. The number of nitrogens with one attached hydrogen (secondary N) is 2. The van der Waals surface area contributed by atoms with Gasteiger partial charge in [-0.15, -0.1) is 0 Å². The lowest BCUT2D eigenvalue weighted by Gasteiger charge is -2.08. The Morgan fingerprint density at radius 3 is 2.73 bits per heavy atom. The van der Waals surface area contributed by atoms with Crippen molar-refractivity contribution in [2.45, 2.75) is 6.54 Å². The van der Waals surface area contributed by atoms with Gasteiger partial charge in [-0.3, -0.25) is 9.78 Å². The summed E-state index contributed by atoms with van der Waals surface area (Å²) >= 11 is 0. The zero-order valence-electron chi connectivity index (χ0n) is 13.8. The van der Waals surface area contributed by atoms with E-state index in [1.165, 1.54) is 6.20 Å². The molecule has 6 nitrogen and oxygen atoms in total. The van der Waals surface area contributed by atoms with E-state index in [-0.39, 0.29) is 17.9 Å². The number of aromatic hydroxyl groups is 1. The van der Waals surface area contributed by atoms with E-state index in [9.17, 15) is 15.2 Å². The van der Waals surface area contributed by atoms with Crippen molar-refractivity contribution in [2.24, 2.45) is 0 Å². The van der Waals surface area contributed by atoms with Crippen molar-refractivity contribution in [3.8, 4) is 11.8 Å². The summed E-state index contributed by atoms with van der Waals surface area (Å²) in [6, 6.07) is 16.1. The van der Waals surface area contributed by atoms with Crippen LogP contribution in [-0.4, -0.2) is 16.0 Å². The van der Waals surface area contributed by atoms with E-state index in [1.54, 1.807) is 48.8 Å². The van der Waals surface area contributed by atoms with Crippen LogP contribution in [0.4, 0.5) is 5.69 Å². The molecule has 3 rings (SSSR count). The molecule has 0 saturated heterocycles. The van der Waals surface area contributed by atoms with Gasteiger partial charge in [0.15, 0.2) is 0 Å². The van der Waals surface area contributed by atoms with Gasteiger partial charge in [0.25, 0.3) is 5.91 Å². The number of amides is 1. The van der Waals surface area contributed by atoms with E-state index >= 15 is 0 Å². The number of aromatic nitrogens is 1. The van der Waals surface area contributed by atoms with Crippen LogP contribution in [0.25, 0.3) is 10.8 Å². The Kier molecular flexibility index (Phi) is 5.11. The molecule has 0 fully saturated rings.